The van der Waals surface area contributed by atoms with Gasteiger partial charge in [-0.05, 0) is 67.9 Å². The van der Waals surface area contributed by atoms with Crippen LogP contribution in [0.5, 0.6) is 0 Å². The quantitative estimate of drug-likeness (QED) is 0.557. The SMILES string of the molecule is Cc1ccc([C@@H]2C[C@H]2CC(=O)CCC[C@H](NC(=O)c2ccc(F)cc2)C(=O)N2CCOCC2)cc1. The summed E-state index contributed by atoms with van der Waals surface area (Å²) in [6, 6.07) is 13.0. The summed E-state index contributed by atoms with van der Waals surface area (Å²) in [7, 11) is 0. The van der Waals surface area contributed by atoms with Crippen molar-refractivity contribution in [2.24, 2.45) is 5.92 Å². The second-order valence-corrected chi connectivity index (χ2v) is 9.62. The van der Waals surface area contributed by atoms with Crippen molar-refractivity contribution in [1.29, 1.82) is 0 Å². The average molecular weight is 481 g/mol. The smallest absolute Gasteiger partial charge is 0.251 e. The lowest BCUT2D eigenvalue weighted by Gasteiger charge is -2.30. The van der Waals surface area contributed by atoms with E-state index in [0.29, 0.717) is 63.8 Å². The molecule has 3 atom stereocenters. The van der Waals surface area contributed by atoms with Gasteiger partial charge in [0.1, 0.15) is 17.6 Å². The van der Waals surface area contributed by atoms with Gasteiger partial charge in [0.05, 0.1) is 13.2 Å². The summed E-state index contributed by atoms with van der Waals surface area (Å²) < 4.78 is 18.6. The van der Waals surface area contributed by atoms with Gasteiger partial charge in [0, 0.05) is 31.5 Å². The molecule has 0 bridgehead atoms. The van der Waals surface area contributed by atoms with E-state index >= 15 is 0 Å². The summed E-state index contributed by atoms with van der Waals surface area (Å²) in [6.45, 7) is 3.95. The van der Waals surface area contributed by atoms with Crippen molar-refractivity contribution < 1.29 is 23.5 Å². The molecule has 2 aromatic carbocycles. The summed E-state index contributed by atoms with van der Waals surface area (Å²) in [5, 5.41) is 2.81. The zero-order valence-electron chi connectivity index (χ0n) is 20.2. The van der Waals surface area contributed by atoms with Crippen molar-refractivity contribution in [2.45, 2.75) is 51.0 Å². The predicted octanol–water partition coefficient (Wildman–Crippen LogP) is 4.02. The van der Waals surface area contributed by atoms with Crippen molar-refractivity contribution >= 4 is 17.6 Å². The number of aryl methyl sites for hydroxylation is 1. The third-order valence-corrected chi connectivity index (χ3v) is 6.90. The van der Waals surface area contributed by atoms with E-state index in [0.717, 1.165) is 6.42 Å². The van der Waals surface area contributed by atoms with Crippen LogP contribution < -0.4 is 5.32 Å². The summed E-state index contributed by atoms with van der Waals surface area (Å²) in [5.41, 5.74) is 2.82. The molecule has 1 saturated carbocycles. The number of nitrogens with zero attached hydrogens (tertiary/aromatic N) is 1. The van der Waals surface area contributed by atoms with Crippen LogP contribution in [-0.2, 0) is 14.3 Å². The second-order valence-electron chi connectivity index (χ2n) is 9.62. The standard InChI is InChI=1S/C28H33FN2O4/c1-19-5-7-20(8-6-19)25-18-22(25)17-24(32)3-2-4-26(28(34)31-13-15-35-16-14-31)30-27(33)21-9-11-23(29)12-10-21/h5-12,22,25-26H,2-4,13-18H2,1H3,(H,30,33)/t22-,25+,26+/m1/s1. The van der Waals surface area contributed by atoms with Gasteiger partial charge in [-0.1, -0.05) is 29.8 Å². The molecule has 2 aliphatic rings. The van der Waals surface area contributed by atoms with Crippen molar-refractivity contribution in [1.82, 2.24) is 10.2 Å². The van der Waals surface area contributed by atoms with Gasteiger partial charge in [0.25, 0.3) is 5.91 Å². The molecule has 2 aromatic rings. The maximum Gasteiger partial charge on any atom is 0.251 e. The largest absolute Gasteiger partial charge is 0.378 e. The predicted molar refractivity (Wildman–Crippen MR) is 131 cm³/mol. The van der Waals surface area contributed by atoms with Gasteiger partial charge in [-0.15, -0.1) is 0 Å². The lowest BCUT2D eigenvalue weighted by Crippen LogP contribution is -2.51. The molecule has 0 radical (unpaired) electrons. The molecule has 2 fully saturated rings. The van der Waals surface area contributed by atoms with E-state index < -0.39 is 17.8 Å². The number of Topliss-reactive ketones (excluding diaryl/α,β-unsaturated/α-hetero) is 1. The highest BCUT2D eigenvalue weighted by atomic mass is 19.1. The monoisotopic (exact) mass is 480 g/mol. The molecule has 0 spiro atoms. The van der Waals surface area contributed by atoms with Crippen molar-refractivity contribution in [3.63, 3.8) is 0 Å². The fourth-order valence-corrected chi connectivity index (χ4v) is 4.70. The number of amides is 2. The van der Waals surface area contributed by atoms with Gasteiger partial charge >= 0.3 is 0 Å². The molecular weight excluding hydrogens is 447 g/mol. The van der Waals surface area contributed by atoms with Crippen LogP contribution in [0.1, 0.15) is 59.5 Å². The third kappa shape index (κ3) is 6.98. The van der Waals surface area contributed by atoms with Crippen LogP contribution in [0.15, 0.2) is 48.5 Å². The van der Waals surface area contributed by atoms with Gasteiger partial charge in [0.2, 0.25) is 5.91 Å². The highest BCUT2D eigenvalue weighted by molar-refractivity contribution is 5.97. The molecule has 7 heteroatoms. The molecule has 0 aromatic heterocycles. The molecule has 2 amide bonds. The molecule has 1 heterocycles. The number of carbonyl (C=O) groups excluding carboxylic acids is 3. The lowest BCUT2D eigenvalue weighted by molar-refractivity contribution is -0.137. The highest BCUT2D eigenvalue weighted by Crippen LogP contribution is 2.49. The number of benzene rings is 2. The highest BCUT2D eigenvalue weighted by Gasteiger charge is 2.39. The van der Waals surface area contributed by atoms with E-state index in [1.807, 2.05) is 0 Å². The van der Waals surface area contributed by atoms with Gasteiger partial charge in [-0.2, -0.15) is 0 Å². The first-order chi connectivity index (χ1) is 16.9. The maximum atomic E-state index is 13.2. The van der Waals surface area contributed by atoms with Gasteiger partial charge < -0.3 is 15.0 Å². The summed E-state index contributed by atoms with van der Waals surface area (Å²) in [6.07, 6.45) is 2.88. The van der Waals surface area contributed by atoms with E-state index in [9.17, 15) is 18.8 Å². The Balaban J connectivity index is 1.29. The van der Waals surface area contributed by atoms with Crippen LogP contribution in [-0.4, -0.2) is 54.8 Å². The first-order valence-electron chi connectivity index (χ1n) is 12.4. The van der Waals surface area contributed by atoms with E-state index in [-0.39, 0.29) is 17.3 Å². The minimum Gasteiger partial charge on any atom is -0.378 e. The van der Waals surface area contributed by atoms with Crippen LogP contribution in [0.25, 0.3) is 0 Å². The van der Waals surface area contributed by atoms with E-state index in [1.165, 1.54) is 35.4 Å². The molecule has 1 saturated heterocycles. The zero-order chi connectivity index (χ0) is 24.8. The number of hydrogen-bond donors (Lipinski definition) is 1. The van der Waals surface area contributed by atoms with Crippen LogP contribution in [0.2, 0.25) is 0 Å². The Hall–Kier alpha value is -3.06. The third-order valence-electron chi connectivity index (χ3n) is 6.90. The maximum absolute atomic E-state index is 13.2. The summed E-state index contributed by atoms with van der Waals surface area (Å²) >= 11 is 0. The Morgan fingerprint density at radius 1 is 1.06 bits per heavy atom. The molecule has 1 N–H and O–H groups in total. The molecule has 186 valence electrons. The van der Waals surface area contributed by atoms with E-state index in [2.05, 4.69) is 36.5 Å². The Morgan fingerprint density at radius 3 is 2.43 bits per heavy atom. The Morgan fingerprint density at radius 2 is 1.74 bits per heavy atom. The van der Waals surface area contributed by atoms with Crippen LogP contribution >= 0.6 is 0 Å². The van der Waals surface area contributed by atoms with E-state index in [4.69, 9.17) is 4.74 Å². The van der Waals surface area contributed by atoms with Crippen LogP contribution in [0.3, 0.4) is 0 Å². The van der Waals surface area contributed by atoms with Crippen molar-refractivity contribution in [3.05, 3.63) is 71.0 Å². The number of morpholine rings is 1. The van der Waals surface area contributed by atoms with E-state index in [1.54, 1.807) is 4.90 Å². The first kappa shape index (κ1) is 25.0. The molecule has 35 heavy (non-hydrogen) atoms. The topological polar surface area (TPSA) is 75.7 Å². The number of nitrogens with one attached hydrogen (secondary N) is 1. The molecular formula is C28H33FN2O4. The van der Waals surface area contributed by atoms with Gasteiger partial charge in [-0.25, -0.2) is 4.39 Å². The van der Waals surface area contributed by atoms with Crippen LogP contribution in [0.4, 0.5) is 4.39 Å². The van der Waals surface area contributed by atoms with Crippen molar-refractivity contribution in [2.75, 3.05) is 26.3 Å². The first-order valence-corrected chi connectivity index (χ1v) is 12.4. The fraction of sp³-hybridized carbons (Fsp3) is 0.464. The zero-order valence-corrected chi connectivity index (χ0v) is 20.2. The molecule has 1 aliphatic heterocycles. The van der Waals surface area contributed by atoms with Gasteiger partial charge in [-0.3, -0.25) is 14.4 Å². The number of rotatable bonds is 10. The number of halogens is 1. The fourth-order valence-electron chi connectivity index (χ4n) is 4.70. The molecule has 6 nitrogen and oxygen atoms in total. The Kier molecular flexibility index (Phi) is 8.29. The average Bonchev–Trinajstić information content (AvgIpc) is 3.63. The number of ketones is 1. The number of carbonyl (C=O) groups is 3. The normalized spacial score (nSPS) is 20.2. The summed E-state index contributed by atoms with van der Waals surface area (Å²) in [5.74, 6) is 0.0346. The molecule has 0 unspecified atom stereocenters. The van der Waals surface area contributed by atoms with Crippen molar-refractivity contribution in [3.8, 4) is 0 Å². The lowest BCUT2D eigenvalue weighted by atomic mass is 10.0. The Labute approximate surface area is 205 Å². The van der Waals surface area contributed by atoms with Crippen LogP contribution in [0, 0.1) is 18.7 Å². The molecule has 1 aliphatic carbocycles. The Bertz CT molecular complexity index is 1030. The minimum absolute atomic E-state index is 0.169. The summed E-state index contributed by atoms with van der Waals surface area (Å²) in [4.78, 5) is 40.1. The number of ether oxygens (including phenoxy) is 1. The number of hydrogen-bond acceptors (Lipinski definition) is 4. The molecule has 4 rings (SSSR count). The second kappa shape index (κ2) is 11.6. The minimum atomic E-state index is -0.736. The van der Waals surface area contributed by atoms with Gasteiger partial charge in [0.15, 0.2) is 0 Å².